The van der Waals surface area contributed by atoms with Crippen LogP contribution in [-0.2, 0) is 14.3 Å². The molecular formula is C12H20O4. The van der Waals surface area contributed by atoms with Gasteiger partial charge < -0.3 is 9.84 Å². The Bertz CT molecular complexity index is 285. The first-order valence-electron chi connectivity index (χ1n) is 5.70. The van der Waals surface area contributed by atoms with Crippen molar-refractivity contribution < 1.29 is 19.4 Å². The summed E-state index contributed by atoms with van der Waals surface area (Å²) in [5.41, 5.74) is -0.462. The Morgan fingerprint density at radius 1 is 1.69 bits per heavy atom. The highest BCUT2D eigenvalue weighted by molar-refractivity contribution is 5.89. The van der Waals surface area contributed by atoms with E-state index in [-0.39, 0.29) is 24.1 Å². The maximum absolute atomic E-state index is 12.1. The van der Waals surface area contributed by atoms with E-state index in [0.717, 1.165) is 6.42 Å². The minimum atomic E-state index is -0.590. The molecule has 1 fully saturated rings. The summed E-state index contributed by atoms with van der Waals surface area (Å²) in [6, 6.07) is 0. The van der Waals surface area contributed by atoms with E-state index in [1.807, 2.05) is 6.92 Å². The minimum absolute atomic E-state index is 0.0893. The van der Waals surface area contributed by atoms with Gasteiger partial charge in [0.15, 0.2) is 0 Å². The summed E-state index contributed by atoms with van der Waals surface area (Å²) in [4.78, 5) is 23.1. The number of hydrogen-bond donors (Lipinski definition) is 1. The number of carbonyl (C=O) groups is 2. The number of carbonyl (C=O) groups excluding carboxylic acids is 2. The topological polar surface area (TPSA) is 63.6 Å². The van der Waals surface area contributed by atoms with Crippen LogP contribution in [-0.4, -0.2) is 30.1 Å². The second-order valence-corrected chi connectivity index (χ2v) is 4.89. The van der Waals surface area contributed by atoms with Crippen molar-refractivity contribution in [2.75, 3.05) is 7.11 Å². The van der Waals surface area contributed by atoms with Gasteiger partial charge in [-0.3, -0.25) is 9.59 Å². The van der Waals surface area contributed by atoms with E-state index in [1.54, 1.807) is 6.92 Å². The lowest BCUT2D eigenvalue weighted by molar-refractivity contribution is -0.141. The molecule has 1 rings (SSSR count). The molecule has 4 heteroatoms. The van der Waals surface area contributed by atoms with Gasteiger partial charge in [-0.05, 0) is 26.2 Å². The average Bonchev–Trinajstić information content (AvgIpc) is 2.53. The van der Waals surface area contributed by atoms with E-state index < -0.39 is 11.5 Å². The molecule has 4 nitrogen and oxygen atoms in total. The van der Waals surface area contributed by atoms with Crippen molar-refractivity contribution in [3.8, 4) is 0 Å². The average molecular weight is 228 g/mol. The predicted molar refractivity (Wildman–Crippen MR) is 58.8 cm³/mol. The van der Waals surface area contributed by atoms with Crippen molar-refractivity contribution in [2.24, 2.45) is 11.3 Å². The Morgan fingerprint density at radius 2 is 2.31 bits per heavy atom. The number of esters is 1. The van der Waals surface area contributed by atoms with Gasteiger partial charge >= 0.3 is 5.97 Å². The number of ether oxygens (including phenoxy) is 1. The first kappa shape index (κ1) is 13.2. The van der Waals surface area contributed by atoms with E-state index >= 15 is 0 Å². The maximum Gasteiger partial charge on any atom is 0.305 e. The number of methoxy groups -OCH3 is 1. The third kappa shape index (κ3) is 2.61. The van der Waals surface area contributed by atoms with Gasteiger partial charge in [-0.15, -0.1) is 0 Å². The molecule has 0 aromatic carbocycles. The van der Waals surface area contributed by atoms with Crippen LogP contribution in [0.15, 0.2) is 0 Å². The summed E-state index contributed by atoms with van der Waals surface area (Å²) < 4.78 is 4.56. The Kier molecular flexibility index (Phi) is 4.08. The molecule has 0 aliphatic heterocycles. The molecule has 0 saturated heterocycles. The van der Waals surface area contributed by atoms with Crippen LogP contribution in [0.3, 0.4) is 0 Å². The SMILES string of the molecule is COC(=O)CC[C@@]1(C)CCC(C(C)O)C1=O. The van der Waals surface area contributed by atoms with Crippen molar-refractivity contribution in [1.29, 1.82) is 0 Å². The van der Waals surface area contributed by atoms with Gasteiger partial charge in [0, 0.05) is 17.8 Å². The van der Waals surface area contributed by atoms with Crippen LogP contribution in [0, 0.1) is 11.3 Å². The zero-order chi connectivity index (χ0) is 12.3. The van der Waals surface area contributed by atoms with Gasteiger partial charge in [-0.1, -0.05) is 6.92 Å². The smallest absolute Gasteiger partial charge is 0.305 e. The molecule has 0 aromatic rings. The Hall–Kier alpha value is -0.900. The fraction of sp³-hybridized carbons (Fsp3) is 0.833. The standard InChI is InChI=1S/C12H20O4/c1-8(13)9-4-6-12(2,11(9)15)7-5-10(14)16-3/h8-9,13H,4-7H2,1-3H3/t8?,9?,12-/m1/s1. The van der Waals surface area contributed by atoms with Crippen LogP contribution in [0.25, 0.3) is 0 Å². The van der Waals surface area contributed by atoms with E-state index in [9.17, 15) is 14.7 Å². The lowest BCUT2D eigenvalue weighted by atomic mass is 9.81. The quantitative estimate of drug-likeness (QED) is 0.737. The van der Waals surface area contributed by atoms with Gasteiger partial charge in [-0.25, -0.2) is 0 Å². The summed E-state index contributed by atoms with van der Waals surface area (Å²) in [5, 5.41) is 9.47. The lowest BCUT2D eigenvalue weighted by Gasteiger charge is -2.22. The Labute approximate surface area is 96.0 Å². The van der Waals surface area contributed by atoms with Gasteiger partial charge in [0.05, 0.1) is 13.2 Å². The predicted octanol–water partition coefficient (Wildman–Crippen LogP) is 1.31. The molecule has 1 aliphatic rings. The third-order valence-electron chi connectivity index (χ3n) is 3.63. The molecule has 0 amide bonds. The molecule has 16 heavy (non-hydrogen) atoms. The highest BCUT2D eigenvalue weighted by Gasteiger charge is 2.45. The molecular weight excluding hydrogens is 208 g/mol. The molecule has 0 aromatic heterocycles. The fourth-order valence-electron chi connectivity index (χ4n) is 2.36. The molecule has 92 valence electrons. The Balaban J connectivity index is 2.59. The summed E-state index contributed by atoms with van der Waals surface area (Å²) in [6.45, 7) is 3.52. The van der Waals surface area contributed by atoms with Crippen LogP contribution in [0.5, 0.6) is 0 Å². The number of hydrogen-bond acceptors (Lipinski definition) is 4. The number of rotatable bonds is 4. The molecule has 0 radical (unpaired) electrons. The summed E-state index contributed by atoms with van der Waals surface area (Å²) in [6.07, 6.45) is 1.66. The zero-order valence-electron chi connectivity index (χ0n) is 10.2. The number of Topliss-reactive ketones (excluding diaryl/α,β-unsaturated/α-hetero) is 1. The molecule has 1 N–H and O–H groups in total. The molecule has 0 spiro atoms. The van der Waals surface area contributed by atoms with Crippen molar-refractivity contribution in [3.63, 3.8) is 0 Å². The molecule has 0 bridgehead atoms. The van der Waals surface area contributed by atoms with Gasteiger partial charge in [0.1, 0.15) is 5.78 Å². The summed E-state index contributed by atoms with van der Waals surface area (Å²) >= 11 is 0. The van der Waals surface area contributed by atoms with Crippen molar-refractivity contribution in [2.45, 2.75) is 45.6 Å². The molecule has 3 atom stereocenters. The molecule has 1 aliphatic carbocycles. The van der Waals surface area contributed by atoms with Gasteiger partial charge in [0.25, 0.3) is 0 Å². The van der Waals surface area contributed by atoms with E-state index in [4.69, 9.17) is 0 Å². The summed E-state index contributed by atoms with van der Waals surface area (Å²) in [7, 11) is 1.35. The highest BCUT2D eigenvalue weighted by atomic mass is 16.5. The monoisotopic (exact) mass is 228 g/mol. The first-order chi connectivity index (χ1) is 7.40. The number of ketones is 1. The normalized spacial score (nSPS) is 31.5. The first-order valence-corrected chi connectivity index (χ1v) is 5.70. The van der Waals surface area contributed by atoms with Crippen LogP contribution >= 0.6 is 0 Å². The van der Waals surface area contributed by atoms with Crippen molar-refractivity contribution >= 4 is 11.8 Å². The largest absolute Gasteiger partial charge is 0.469 e. The minimum Gasteiger partial charge on any atom is -0.469 e. The van der Waals surface area contributed by atoms with E-state index in [2.05, 4.69) is 4.74 Å². The van der Waals surface area contributed by atoms with E-state index in [1.165, 1.54) is 7.11 Å². The second kappa shape index (κ2) is 4.95. The van der Waals surface area contributed by atoms with Crippen molar-refractivity contribution in [1.82, 2.24) is 0 Å². The van der Waals surface area contributed by atoms with Crippen LogP contribution < -0.4 is 0 Å². The highest BCUT2D eigenvalue weighted by Crippen LogP contribution is 2.42. The zero-order valence-corrected chi connectivity index (χ0v) is 10.2. The van der Waals surface area contributed by atoms with Crippen LogP contribution in [0.2, 0.25) is 0 Å². The van der Waals surface area contributed by atoms with Gasteiger partial charge in [0.2, 0.25) is 0 Å². The van der Waals surface area contributed by atoms with E-state index in [0.29, 0.717) is 12.8 Å². The number of aliphatic hydroxyl groups is 1. The molecule has 0 heterocycles. The number of aliphatic hydroxyl groups excluding tert-OH is 1. The van der Waals surface area contributed by atoms with Crippen molar-refractivity contribution in [3.05, 3.63) is 0 Å². The van der Waals surface area contributed by atoms with Crippen LogP contribution in [0.4, 0.5) is 0 Å². The van der Waals surface area contributed by atoms with Gasteiger partial charge in [-0.2, -0.15) is 0 Å². The Morgan fingerprint density at radius 3 is 2.75 bits per heavy atom. The summed E-state index contributed by atoms with van der Waals surface area (Å²) in [5.74, 6) is -0.455. The fourth-order valence-corrected chi connectivity index (χ4v) is 2.36. The molecule has 1 saturated carbocycles. The van der Waals surface area contributed by atoms with Crippen LogP contribution in [0.1, 0.15) is 39.5 Å². The third-order valence-corrected chi connectivity index (χ3v) is 3.63. The maximum atomic E-state index is 12.1. The molecule has 2 unspecified atom stereocenters. The lowest BCUT2D eigenvalue weighted by Crippen LogP contribution is -2.30. The second-order valence-electron chi connectivity index (χ2n) is 4.89.